The third-order valence-corrected chi connectivity index (χ3v) is 3.66. The minimum Gasteiger partial charge on any atom is -0.314 e. The van der Waals surface area contributed by atoms with E-state index in [2.05, 4.69) is 29.8 Å². The van der Waals surface area contributed by atoms with Crippen LogP contribution in [0.2, 0.25) is 5.02 Å². The van der Waals surface area contributed by atoms with E-state index in [-0.39, 0.29) is 30.9 Å². The van der Waals surface area contributed by atoms with E-state index < -0.39 is 0 Å². The van der Waals surface area contributed by atoms with Crippen molar-refractivity contribution in [3.8, 4) is 0 Å². The predicted molar refractivity (Wildman–Crippen MR) is 88.1 cm³/mol. The fraction of sp³-hybridized carbons (Fsp3) is 0.429. The van der Waals surface area contributed by atoms with Gasteiger partial charge in [0.15, 0.2) is 0 Å². The van der Waals surface area contributed by atoms with Gasteiger partial charge in [-0.15, -0.1) is 31.4 Å². The van der Waals surface area contributed by atoms with Crippen molar-refractivity contribution in [2.75, 3.05) is 26.2 Å². The molecule has 1 heterocycles. The van der Waals surface area contributed by atoms with Crippen LogP contribution in [-0.2, 0) is 0 Å². The minimum absolute atomic E-state index is 0. The Morgan fingerprint density at radius 2 is 1.95 bits per heavy atom. The second kappa shape index (κ2) is 8.83. The van der Waals surface area contributed by atoms with Crippen molar-refractivity contribution in [2.45, 2.75) is 13.0 Å². The molecular weight excluding hydrogens is 303 g/mol. The van der Waals surface area contributed by atoms with Crippen LogP contribution in [0.15, 0.2) is 30.9 Å². The Morgan fingerprint density at radius 1 is 1.32 bits per heavy atom. The lowest BCUT2D eigenvalue weighted by molar-refractivity contribution is 0.203. The number of halogens is 3. The number of hydrogen-bond donors (Lipinski definition) is 1. The zero-order valence-electron chi connectivity index (χ0n) is 11.1. The average molecular weight is 324 g/mol. The Labute approximate surface area is 133 Å². The molecule has 0 unspecified atom stereocenters. The van der Waals surface area contributed by atoms with Crippen molar-refractivity contribution in [1.29, 1.82) is 0 Å². The Balaban J connectivity index is 0.00000162. The zero-order chi connectivity index (χ0) is 12.3. The van der Waals surface area contributed by atoms with Crippen LogP contribution in [0.1, 0.15) is 17.2 Å². The molecule has 0 amide bonds. The van der Waals surface area contributed by atoms with Crippen LogP contribution in [0.4, 0.5) is 0 Å². The molecule has 1 aromatic rings. The van der Waals surface area contributed by atoms with Gasteiger partial charge in [0.05, 0.1) is 6.04 Å². The van der Waals surface area contributed by atoms with E-state index in [1.807, 2.05) is 18.2 Å². The molecule has 1 aliphatic rings. The van der Waals surface area contributed by atoms with Gasteiger partial charge < -0.3 is 5.32 Å². The van der Waals surface area contributed by atoms with Crippen LogP contribution in [0.5, 0.6) is 0 Å². The Bertz CT molecular complexity index is 383. The first kappa shape index (κ1) is 18.8. The summed E-state index contributed by atoms with van der Waals surface area (Å²) in [5.74, 6) is 0. The van der Waals surface area contributed by atoms with E-state index in [0.717, 1.165) is 31.2 Å². The maximum atomic E-state index is 6.33. The first-order valence-corrected chi connectivity index (χ1v) is 6.44. The summed E-state index contributed by atoms with van der Waals surface area (Å²) < 4.78 is 0. The van der Waals surface area contributed by atoms with Crippen molar-refractivity contribution < 1.29 is 0 Å². The zero-order valence-corrected chi connectivity index (χ0v) is 13.5. The molecule has 108 valence electrons. The van der Waals surface area contributed by atoms with Crippen LogP contribution in [-0.4, -0.2) is 31.1 Å². The summed E-state index contributed by atoms with van der Waals surface area (Å²) in [5.41, 5.74) is 2.44. The summed E-state index contributed by atoms with van der Waals surface area (Å²) in [6.07, 6.45) is 2.00. The Kier molecular flexibility index (Phi) is 8.71. The Morgan fingerprint density at radius 3 is 2.47 bits per heavy atom. The smallest absolute Gasteiger partial charge is 0.0547 e. The number of nitrogens with zero attached hydrogens (tertiary/aromatic N) is 1. The molecule has 0 aromatic heterocycles. The van der Waals surface area contributed by atoms with Crippen LogP contribution < -0.4 is 5.32 Å². The molecule has 1 saturated heterocycles. The summed E-state index contributed by atoms with van der Waals surface area (Å²) in [4.78, 5) is 2.43. The van der Waals surface area contributed by atoms with E-state index in [0.29, 0.717) is 0 Å². The molecular formula is C14H21Cl3N2. The fourth-order valence-electron chi connectivity index (χ4n) is 2.43. The molecule has 1 fully saturated rings. The molecule has 19 heavy (non-hydrogen) atoms. The lowest BCUT2D eigenvalue weighted by Crippen LogP contribution is -2.44. The summed E-state index contributed by atoms with van der Waals surface area (Å²) >= 11 is 6.33. The van der Waals surface area contributed by atoms with Gasteiger partial charge in [0, 0.05) is 31.2 Å². The summed E-state index contributed by atoms with van der Waals surface area (Å²) in [5, 5.41) is 4.21. The van der Waals surface area contributed by atoms with Crippen molar-refractivity contribution >= 4 is 36.4 Å². The first-order valence-electron chi connectivity index (χ1n) is 6.06. The van der Waals surface area contributed by atoms with Gasteiger partial charge in [-0.2, -0.15) is 0 Å². The number of nitrogens with one attached hydrogen (secondary N) is 1. The molecule has 0 spiro atoms. The molecule has 2 rings (SSSR count). The number of aryl methyl sites for hydroxylation is 1. The molecule has 1 N–H and O–H groups in total. The highest BCUT2D eigenvalue weighted by Crippen LogP contribution is 2.31. The van der Waals surface area contributed by atoms with E-state index >= 15 is 0 Å². The van der Waals surface area contributed by atoms with Gasteiger partial charge in [-0.3, -0.25) is 4.90 Å². The van der Waals surface area contributed by atoms with E-state index in [4.69, 9.17) is 11.6 Å². The second-order valence-electron chi connectivity index (χ2n) is 4.44. The van der Waals surface area contributed by atoms with Crippen molar-refractivity contribution in [2.24, 2.45) is 0 Å². The molecule has 0 bridgehead atoms. The third kappa shape index (κ3) is 4.37. The molecule has 1 aromatic carbocycles. The van der Waals surface area contributed by atoms with Gasteiger partial charge in [0.1, 0.15) is 0 Å². The predicted octanol–water partition coefficient (Wildman–Crippen LogP) is 3.62. The molecule has 1 aliphatic heterocycles. The highest BCUT2D eigenvalue weighted by Gasteiger charge is 2.22. The van der Waals surface area contributed by atoms with Gasteiger partial charge in [-0.25, -0.2) is 0 Å². The molecule has 0 aliphatic carbocycles. The van der Waals surface area contributed by atoms with Crippen LogP contribution in [0.3, 0.4) is 0 Å². The summed E-state index contributed by atoms with van der Waals surface area (Å²) in [7, 11) is 0. The standard InChI is InChI=1S/C14H19ClN2.2ClH/c1-3-13(17-9-7-16-8-10-17)14-11(2)5-4-6-12(14)15;;/h3-6,13,16H,1,7-10H2,2H3;2*1H/t13-;;/m1../s1. The van der Waals surface area contributed by atoms with Crippen molar-refractivity contribution in [1.82, 2.24) is 10.2 Å². The maximum absolute atomic E-state index is 6.33. The highest BCUT2D eigenvalue weighted by atomic mass is 35.5. The first-order chi connectivity index (χ1) is 8.24. The molecule has 5 heteroatoms. The largest absolute Gasteiger partial charge is 0.314 e. The summed E-state index contributed by atoms with van der Waals surface area (Å²) in [6, 6.07) is 6.30. The number of benzene rings is 1. The maximum Gasteiger partial charge on any atom is 0.0547 e. The van der Waals surface area contributed by atoms with Gasteiger partial charge in [0.25, 0.3) is 0 Å². The second-order valence-corrected chi connectivity index (χ2v) is 4.84. The van der Waals surface area contributed by atoms with Crippen LogP contribution in [0.25, 0.3) is 0 Å². The lowest BCUT2D eigenvalue weighted by atomic mass is 9.99. The van der Waals surface area contributed by atoms with Crippen LogP contribution in [0, 0.1) is 6.92 Å². The van der Waals surface area contributed by atoms with Crippen molar-refractivity contribution in [3.63, 3.8) is 0 Å². The van der Waals surface area contributed by atoms with E-state index in [9.17, 15) is 0 Å². The van der Waals surface area contributed by atoms with Gasteiger partial charge in [-0.1, -0.05) is 29.8 Å². The molecule has 2 nitrogen and oxygen atoms in total. The van der Waals surface area contributed by atoms with Crippen LogP contribution >= 0.6 is 36.4 Å². The minimum atomic E-state index is 0. The molecule has 1 atom stereocenters. The average Bonchev–Trinajstić information content (AvgIpc) is 2.35. The highest BCUT2D eigenvalue weighted by molar-refractivity contribution is 6.31. The topological polar surface area (TPSA) is 15.3 Å². The van der Waals surface area contributed by atoms with E-state index in [1.165, 1.54) is 11.1 Å². The van der Waals surface area contributed by atoms with Gasteiger partial charge >= 0.3 is 0 Å². The fourth-order valence-corrected chi connectivity index (χ4v) is 2.76. The van der Waals surface area contributed by atoms with Gasteiger partial charge in [-0.05, 0) is 24.1 Å². The SMILES string of the molecule is C=C[C@H](c1c(C)cccc1Cl)N1CCNCC1.Cl.Cl. The normalized spacial score (nSPS) is 16.9. The third-order valence-electron chi connectivity index (χ3n) is 3.33. The molecule has 0 saturated carbocycles. The quantitative estimate of drug-likeness (QED) is 0.855. The molecule has 0 radical (unpaired) electrons. The van der Waals surface area contributed by atoms with E-state index in [1.54, 1.807) is 0 Å². The Hall–Kier alpha value is -0.250. The monoisotopic (exact) mass is 322 g/mol. The summed E-state index contributed by atoms with van der Waals surface area (Å²) in [6.45, 7) is 10.2. The van der Waals surface area contributed by atoms with Gasteiger partial charge in [0.2, 0.25) is 0 Å². The number of hydrogen-bond acceptors (Lipinski definition) is 2. The lowest BCUT2D eigenvalue weighted by Gasteiger charge is -2.34. The number of rotatable bonds is 3. The van der Waals surface area contributed by atoms with Crippen molar-refractivity contribution in [3.05, 3.63) is 47.0 Å². The number of piperazine rings is 1.